The van der Waals surface area contributed by atoms with Crippen molar-refractivity contribution in [2.45, 2.75) is 26.0 Å². The molecule has 32 heavy (non-hydrogen) atoms. The van der Waals surface area contributed by atoms with Crippen LogP contribution in [0.15, 0.2) is 91.1 Å². The summed E-state index contributed by atoms with van der Waals surface area (Å²) < 4.78 is 2.31. The molecule has 0 N–H and O–H groups in total. The first-order valence-corrected chi connectivity index (χ1v) is 10.9. The molecular formula is C28H24B2N2. The smallest absolute Gasteiger partial charge is 0.0705 e. The summed E-state index contributed by atoms with van der Waals surface area (Å²) in [5.74, 6) is 0. The van der Waals surface area contributed by atoms with Gasteiger partial charge < -0.3 is 4.57 Å². The molecule has 0 bridgehead atoms. The molecule has 4 radical (unpaired) electrons. The van der Waals surface area contributed by atoms with E-state index in [0.717, 1.165) is 28.0 Å². The maximum absolute atomic E-state index is 6.55. The van der Waals surface area contributed by atoms with Gasteiger partial charge in [-0.2, -0.15) is 0 Å². The first kappa shape index (κ1) is 20.6. The van der Waals surface area contributed by atoms with Crippen LogP contribution in [-0.4, -0.2) is 25.2 Å². The van der Waals surface area contributed by atoms with Crippen LogP contribution < -0.4 is 0 Å². The van der Waals surface area contributed by atoms with Gasteiger partial charge in [0.1, 0.15) is 0 Å². The maximum Gasteiger partial charge on any atom is 0.0705 e. The number of rotatable bonds is 3. The van der Waals surface area contributed by atoms with Crippen LogP contribution in [0.2, 0.25) is 0 Å². The molecule has 0 aliphatic carbocycles. The van der Waals surface area contributed by atoms with Crippen molar-refractivity contribution >= 4 is 37.5 Å². The standard InChI is InChI=1S/C28H24B2N2/c1-27(2,3)28(29,30)20-15-16-31-24(18-20)19-13-14-23-22-11-7-8-12-25(22)32(26(23)17-19)21-9-5-4-6-10-21/h4-18H,1-3H3. The van der Waals surface area contributed by atoms with Crippen molar-refractivity contribution in [3.05, 3.63) is 96.7 Å². The third kappa shape index (κ3) is 3.26. The van der Waals surface area contributed by atoms with Gasteiger partial charge in [-0.05, 0) is 41.8 Å². The first-order chi connectivity index (χ1) is 15.3. The zero-order valence-electron chi connectivity index (χ0n) is 18.7. The molecule has 0 spiro atoms. The Morgan fingerprint density at radius 3 is 2.16 bits per heavy atom. The van der Waals surface area contributed by atoms with Gasteiger partial charge in [0.15, 0.2) is 0 Å². The van der Waals surface area contributed by atoms with Crippen LogP contribution in [0.3, 0.4) is 0 Å². The Hall–Kier alpha value is -3.26. The van der Waals surface area contributed by atoms with Crippen LogP contribution >= 0.6 is 0 Å². The van der Waals surface area contributed by atoms with Crippen LogP contribution in [0.25, 0.3) is 38.8 Å². The van der Waals surface area contributed by atoms with Gasteiger partial charge in [-0.1, -0.05) is 80.1 Å². The highest BCUT2D eigenvalue weighted by atomic mass is 15.0. The highest BCUT2D eigenvalue weighted by Gasteiger charge is 2.33. The summed E-state index contributed by atoms with van der Waals surface area (Å²) in [6.07, 6.45) is 1.79. The molecule has 0 saturated carbocycles. The Balaban J connectivity index is 1.73. The molecule has 0 amide bonds. The molecule has 0 unspecified atom stereocenters. The van der Waals surface area contributed by atoms with Crippen LogP contribution in [-0.2, 0) is 5.21 Å². The normalized spacial score (nSPS) is 12.5. The molecule has 0 saturated heterocycles. The Labute approximate surface area is 192 Å². The van der Waals surface area contributed by atoms with Crippen LogP contribution in [0, 0.1) is 5.41 Å². The van der Waals surface area contributed by atoms with Gasteiger partial charge in [-0.15, -0.1) is 0 Å². The number of benzene rings is 3. The fourth-order valence-electron chi connectivity index (χ4n) is 4.26. The largest absolute Gasteiger partial charge is 0.309 e. The molecule has 2 aromatic heterocycles. The molecule has 0 atom stereocenters. The molecule has 2 nitrogen and oxygen atoms in total. The Kier molecular flexibility index (Phi) is 4.78. The van der Waals surface area contributed by atoms with Crippen molar-refractivity contribution in [1.82, 2.24) is 9.55 Å². The van der Waals surface area contributed by atoms with E-state index in [0.29, 0.717) is 0 Å². The highest BCUT2D eigenvalue weighted by Crippen LogP contribution is 2.38. The highest BCUT2D eigenvalue weighted by molar-refractivity contribution is 6.40. The number of aromatic nitrogens is 2. The minimum atomic E-state index is -0.965. The van der Waals surface area contributed by atoms with E-state index in [1.165, 1.54) is 16.3 Å². The first-order valence-electron chi connectivity index (χ1n) is 10.9. The van der Waals surface area contributed by atoms with Gasteiger partial charge in [0.25, 0.3) is 0 Å². The molecule has 0 fully saturated rings. The summed E-state index contributed by atoms with van der Waals surface area (Å²) in [5.41, 5.74) is 5.93. The number of para-hydroxylation sites is 2. The molecular weight excluding hydrogens is 386 g/mol. The quantitative estimate of drug-likeness (QED) is 0.316. The van der Waals surface area contributed by atoms with E-state index < -0.39 is 5.21 Å². The Morgan fingerprint density at radius 2 is 1.41 bits per heavy atom. The van der Waals surface area contributed by atoms with E-state index in [1.54, 1.807) is 6.20 Å². The van der Waals surface area contributed by atoms with Gasteiger partial charge in [-0.25, -0.2) is 0 Å². The second kappa shape index (κ2) is 7.41. The van der Waals surface area contributed by atoms with E-state index in [-0.39, 0.29) is 5.41 Å². The lowest BCUT2D eigenvalue weighted by Gasteiger charge is -2.40. The van der Waals surface area contributed by atoms with E-state index >= 15 is 0 Å². The molecule has 152 valence electrons. The van der Waals surface area contributed by atoms with Gasteiger partial charge in [0.2, 0.25) is 0 Å². The lowest BCUT2D eigenvalue weighted by molar-refractivity contribution is 0.358. The van der Waals surface area contributed by atoms with E-state index in [9.17, 15) is 0 Å². The summed E-state index contributed by atoms with van der Waals surface area (Å²) in [6.45, 7) is 6.16. The average Bonchev–Trinajstić information content (AvgIpc) is 3.12. The second-order valence-corrected chi connectivity index (χ2v) is 9.47. The number of hydrogen-bond acceptors (Lipinski definition) is 1. The van der Waals surface area contributed by atoms with Gasteiger partial charge in [-0.3, -0.25) is 4.98 Å². The zero-order chi connectivity index (χ0) is 22.5. The maximum atomic E-state index is 6.55. The van der Waals surface area contributed by atoms with Gasteiger partial charge in [0, 0.05) is 28.2 Å². The zero-order valence-corrected chi connectivity index (χ0v) is 18.7. The predicted octanol–water partition coefficient (Wildman–Crippen LogP) is 6.38. The van der Waals surface area contributed by atoms with Crippen LogP contribution in [0.4, 0.5) is 0 Å². The van der Waals surface area contributed by atoms with Crippen molar-refractivity contribution in [1.29, 1.82) is 0 Å². The average molecular weight is 410 g/mol. The van der Waals surface area contributed by atoms with Crippen molar-refractivity contribution in [2.24, 2.45) is 5.41 Å². The van der Waals surface area contributed by atoms with E-state index in [4.69, 9.17) is 15.7 Å². The van der Waals surface area contributed by atoms with E-state index in [1.807, 2.05) is 18.2 Å². The van der Waals surface area contributed by atoms with Crippen LogP contribution in [0.5, 0.6) is 0 Å². The van der Waals surface area contributed by atoms with Crippen molar-refractivity contribution in [3.63, 3.8) is 0 Å². The Morgan fingerprint density at radius 1 is 0.719 bits per heavy atom. The summed E-state index contributed by atoms with van der Waals surface area (Å²) in [5, 5.41) is 1.48. The van der Waals surface area contributed by atoms with Crippen molar-refractivity contribution in [2.75, 3.05) is 0 Å². The summed E-state index contributed by atoms with van der Waals surface area (Å²) in [7, 11) is 13.1. The number of fused-ring (bicyclic) bond motifs is 3. The molecule has 0 aliphatic heterocycles. The molecule has 5 aromatic rings. The lowest BCUT2D eigenvalue weighted by Crippen LogP contribution is -2.41. The van der Waals surface area contributed by atoms with E-state index in [2.05, 4.69) is 97.1 Å². The predicted molar refractivity (Wildman–Crippen MR) is 137 cm³/mol. The fourth-order valence-corrected chi connectivity index (χ4v) is 4.26. The van der Waals surface area contributed by atoms with Crippen molar-refractivity contribution in [3.8, 4) is 16.9 Å². The number of nitrogens with zero attached hydrogens (tertiary/aromatic N) is 2. The lowest BCUT2D eigenvalue weighted by atomic mass is 9.41. The second-order valence-electron chi connectivity index (χ2n) is 9.47. The minimum Gasteiger partial charge on any atom is -0.309 e. The summed E-state index contributed by atoms with van der Waals surface area (Å²) in [4.78, 5) is 4.65. The molecule has 5 rings (SSSR count). The number of hydrogen-bond donors (Lipinski definition) is 0. The van der Waals surface area contributed by atoms with Gasteiger partial charge in [0.05, 0.1) is 32.4 Å². The third-order valence-corrected chi connectivity index (χ3v) is 6.46. The molecule has 0 aliphatic rings. The summed E-state index contributed by atoms with van der Waals surface area (Å²) in [6, 6.07) is 29.4. The number of pyridine rings is 1. The summed E-state index contributed by atoms with van der Waals surface area (Å²) >= 11 is 0. The Bertz CT molecular complexity index is 1430. The molecule has 2 heterocycles. The molecule has 4 heteroatoms. The third-order valence-electron chi connectivity index (χ3n) is 6.46. The SMILES string of the molecule is [B]C([B])(c1ccnc(-c2ccc3c4ccccc4n(-c4ccccc4)c3c2)c1)C(C)(C)C. The fraction of sp³-hybridized carbons (Fsp3) is 0.179. The van der Waals surface area contributed by atoms with Crippen LogP contribution in [0.1, 0.15) is 26.3 Å². The van der Waals surface area contributed by atoms with Crippen molar-refractivity contribution < 1.29 is 0 Å². The minimum absolute atomic E-state index is 0.296. The molecule has 3 aromatic carbocycles. The van der Waals surface area contributed by atoms with Gasteiger partial charge >= 0.3 is 0 Å². The topological polar surface area (TPSA) is 17.8 Å². The monoisotopic (exact) mass is 410 g/mol.